The van der Waals surface area contributed by atoms with E-state index in [4.69, 9.17) is 4.98 Å². The van der Waals surface area contributed by atoms with Crippen LogP contribution in [0.4, 0.5) is 11.6 Å². The van der Waals surface area contributed by atoms with Crippen molar-refractivity contribution >= 4 is 17.3 Å². The van der Waals surface area contributed by atoms with Crippen LogP contribution in [0.25, 0.3) is 5.65 Å². The minimum absolute atomic E-state index is 0.706. The lowest BCUT2D eigenvalue weighted by atomic mass is 10.1. The molecule has 2 aliphatic rings. The Morgan fingerprint density at radius 1 is 1.04 bits per heavy atom. The number of nitrogens with zero attached hydrogens (tertiary/aromatic N) is 7. The lowest BCUT2D eigenvalue weighted by molar-refractivity contribution is 0.635. The van der Waals surface area contributed by atoms with Crippen LogP contribution in [0.15, 0.2) is 30.6 Å². The predicted molar refractivity (Wildman–Crippen MR) is 98.4 cm³/mol. The number of aromatic nitrogens is 4. The first-order chi connectivity index (χ1) is 12.8. The van der Waals surface area contributed by atoms with E-state index in [9.17, 15) is 5.26 Å². The first kappa shape index (κ1) is 15.1. The first-order valence-electron chi connectivity index (χ1n) is 9.05. The highest BCUT2D eigenvalue weighted by Gasteiger charge is 2.24. The Kier molecular flexibility index (Phi) is 3.49. The van der Waals surface area contributed by atoms with Crippen molar-refractivity contribution in [1.82, 2.24) is 19.6 Å². The Hall–Kier alpha value is -3.14. The van der Waals surface area contributed by atoms with Crippen LogP contribution in [-0.2, 0) is 12.8 Å². The first-order valence-corrected chi connectivity index (χ1v) is 9.05. The lowest BCUT2D eigenvalue weighted by Gasteiger charge is -2.36. The zero-order chi connectivity index (χ0) is 17.5. The molecular formula is C19H19N7. The molecule has 5 rings (SSSR count). The van der Waals surface area contributed by atoms with E-state index in [0.717, 1.165) is 62.7 Å². The van der Waals surface area contributed by atoms with Crippen molar-refractivity contribution in [3.8, 4) is 6.07 Å². The van der Waals surface area contributed by atoms with Gasteiger partial charge in [0.2, 0.25) is 0 Å². The third-order valence-corrected chi connectivity index (χ3v) is 5.30. The van der Waals surface area contributed by atoms with E-state index in [1.165, 1.54) is 11.3 Å². The molecule has 0 atom stereocenters. The summed E-state index contributed by atoms with van der Waals surface area (Å²) >= 11 is 0. The monoisotopic (exact) mass is 345 g/mol. The van der Waals surface area contributed by atoms with Gasteiger partial charge in [-0.1, -0.05) is 0 Å². The summed E-state index contributed by atoms with van der Waals surface area (Å²) in [6.07, 6.45) is 6.85. The summed E-state index contributed by atoms with van der Waals surface area (Å²) in [6, 6.07) is 8.40. The molecule has 4 heterocycles. The molecule has 0 N–H and O–H groups in total. The summed E-state index contributed by atoms with van der Waals surface area (Å²) in [7, 11) is 0. The molecule has 0 unspecified atom stereocenters. The van der Waals surface area contributed by atoms with Gasteiger partial charge in [0.25, 0.3) is 0 Å². The fourth-order valence-electron chi connectivity index (χ4n) is 3.91. The van der Waals surface area contributed by atoms with Gasteiger partial charge in [-0.15, -0.1) is 5.10 Å². The summed E-state index contributed by atoms with van der Waals surface area (Å²) < 4.78 is 1.80. The number of hydrogen-bond donors (Lipinski definition) is 0. The highest BCUT2D eigenvalue weighted by atomic mass is 15.4. The van der Waals surface area contributed by atoms with E-state index < -0.39 is 0 Å². The van der Waals surface area contributed by atoms with E-state index in [1.54, 1.807) is 10.7 Å². The molecule has 0 bridgehead atoms. The molecule has 1 aliphatic carbocycles. The zero-order valence-electron chi connectivity index (χ0n) is 14.5. The van der Waals surface area contributed by atoms with E-state index in [1.807, 2.05) is 24.4 Å². The van der Waals surface area contributed by atoms with Gasteiger partial charge in [-0.2, -0.15) is 5.26 Å². The molecule has 0 aromatic carbocycles. The van der Waals surface area contributed by atoms with Gasteiger partial charge >= 0.3 is 0 Å². The molecule has 130 valence electrons. The van der Waals surface area contributed by atoms with Crippen LogP contribution >= 0.6 is 0 Å². The molecule has 7 heteroatoms. The Morgan fingerprint density at radius 2 is 1.88 bits per heavy atom. The number of nitriles is 1. The fourth-order valence-corrected chi connectivity index (χ4v) is 3.91. The molecule has 1 fully saturated rings. The quantitative estimate of drug-likeness (QED) is 0.705. The second kappa shape index (κ2) is 5.99. The van der Waals surface area contributed by atoms with Crippen molar-refractivity contribution < 1.29 is 0 Å². The lowest BCUT2D eigenvalue weighted by Crippen LogP contribution is -2.47. The Balaban J connectivity index is 1.36. The average molecular weight is 345 g/mol. The molecule has 0 spiro atoms. The molecule has 1 aliphatic heterocycles. The number of pyridine rings is 1. The summed E-state index contributed by atoms with van der Waals surface area (Å²) in [6.45, 7) is 3.39. The van der Waals surface area contributed by atoms with Gasteiger partial charge in [0, 0.05) is 44.3 Å². The van der Waals surface area contributed by atoms with Crippen molar-refractivity contribution in [2.24, 2.45) is 0 Å². The second-order valence-corrected chi connectivity index (χ2v) is 6.83. The molecule has 0 radical (unpaired) electrons. The summed E-state index contributed by atoms with van der Waals surface area (Å²) in [5.74, 6) is 1.81. The van der Waals surface area contributed by atoms with E-state index >= 15 is 0 Å². The number of fused-ring (bicyclic) bond motifs is 2. The number of anilines is 2. The predicted octanol–water partition coefficient (Wildman–Crippen LogP) is 1.81. The number of hydrogen-bond acceptors (Lipinski definition) is 6. The highest BCUT2D eigenvalue weighted by Crippen LogP contribution is 2.28. The molecular weight excluding hydrogens is 326 g/mol. The van der Waals surface area contributed by atoms with Crippen molar-refractivity contribution in [1.29, 1.82) is 5.26 Å². The fraction of sp³-hybridized carbons (Fsp3) is 0.368. The highest BCUT2D eigenvalue weighted by molar-refractivity contribution is 5.58. The molecule has 1 saturated heterocycles. The average Bonchev–Trinajstić information content (AvgIpc) is 3.35. The van der Waals surface area contributed by atoms with Crippen LogP contribution in [0.1, 0.15) is 23.2 Å². The van der Waals surface area contributed by atoms with Crippen molar-refractivity contribution in [3.63, 3.8) is 0 Å². The molecule has 7 nitrogen and oxygen atoms in total. The topological polar surface area (TPSA) is 73.4 Å². The number of aryl methyl sites for hydroxylation is 2. The summed E-state index contributed by atoms with van der Waals surface area (Å²) in [5, 5.41) is 14.2. The van der Waals surface area contributed by atoms with Crippen molar-refractivity contribution in [3.05, 3.63) is 47.4 Å². The van der Waals surface area contributed by atoms with Gasteiger partial charge in [0.05, 0.1) is 5.56 Å². The van der Waals surface area contributed by atoms with E-state index in [-0.39, 0.29) is 0 Å². The molecule has 0 saturated carbocycles. The van der Waals surface area contributed by atoms with Gasteiger partial charge in [-0.25, -0.2) is 14.5 Å². The number of rotatable bonds is 2. The number of imidazole rings is 1. The van der Waals surface area contributed by atoms with Gasteiger partial charge < -0.3 is 9.80 Å². The van der Waals surface area contributed by atoms with Crippen LogP contribution in [0, 0.1) is 11.3 Å². The van der Waals surface area contributed by atoms with Gasteiger partial charge in [0.1, 0.15) is 17.7 Å². The van der Waals surface area contributed by atoms with Gasteiger partial charge in [0.15, 0.2) is 5.65 Å². The largest absolute Gasteiger partial charge is 0.352 e. The zero-order valence-corrected chi connectivity index (χ0v) is 14.5. The smallest absolute Gasteiger partial charge is 0.153 e. The third-order valence-electron chi connectivity index (χ3n) is 5.30. The Morgan fingerprint density at radius 3 is 2.73 bits per heavy atom. The van der Waals surface area contributed by atoms with E-state index in [2.05, 4.69) is 26.0 Å². The van der Waals surface area contributed by atoms with Crippen molar-refractivity contribution in [2.75, 3.05) is 36.0 Å². The van der Waals surface area contributed by atoms with Crippen molar-refractivity contribution in [2.45, 2.75) is 19.3 Å². The minimum atomic E-state index is 0.706. The molecule has 3 aromatic rings. The van der Waals surface area contributed by atoms with Crippen LogP contribution in [0.3, 0.4) is 0 Å². The maximum Gasteiger partial charge on any atom is 0.153 e. The Bertz CT molecular complexity index is 1010. The van der Waals surface area contributed by atoms with Gasteiger partial charge in [-0.05, 0) is 43.0 Å². The Labute approximate surface area is 151 Å². The second-order valence-electron chi connectivity index (χ2n) is 6.83. The molecule has 3 aromatic heterocycles. The van der Waals surface area contributed by atoms with Crippen LogP contribution in [-0.4, -0.2) is 45.8 Å². The standard InChI is InChI=1S/C19H19N7/c20-13-15-12-14-2-1-3-16(14)22-19(15)25-10-8-24(9-11-25)18-5-4-17-21-6-7-26(17)23-18/h4-7,12H,1-3,8-11H2. The molecule has 26 heavy (non-hydrogen) atoms. The maximum absolute atomic E-state index is 9.54. The maximum atomic E-state index is 9.54. The number of piperazine rings is 1. The van der Waals surface area contributed by atoms with Crippen LogP contribution in [0.2, 0.25) is 0 Å². The summed E-state index contributed by atoms with van der Waals surface area (Å²) in [4.78, 5) is 13.6. The summed E-state index contributed by atoms with van der Waals surface area (Å²) in [5.41, 5.74) is 3.99. The van der Waals surface area contributed by atoms with E-state index in [0.29, 0.717) is 5.56 Å². The van der Waals surface area contributed by atoms with Crippen LogP contribution in [0.5, 0.6) is 0 Å². The minimum Gasteiger partial charge on any atom is -0.352 e. The molecule has 0 amide bonds. The van der Waals surface area contributed by atoms with Crippen LogP contribution < -0.4 is 9.80 Å². The SMILES string of the molecule is N#Cc1cc2c(nc1N1CCN(c3ccc4nccn4n3)CC1)CCC2. The third kappa shape index (κ3) is 2.46. The normalized spacial score (nSPS) is 16.7. The van der Waals surface area contributed by atoms with Gasteiger partial charge in [-0.3, -0.25) is 0 Å².